The number of rotatable bonds is 8. The second-order valence-electron chi connectivity index (χ2n) is 10.4. The summed E-state index contributed by atoms with van der Waals surface area (Å²) in [6.07, 6.45) is 0. The zero-order chi connectivity index (χ0) is 33.1. The Morgan fingerprint density at radius 2 is 1.46 bits per heavy atom. The Hall–Kier alpha value is -5.57. The smallest absolute Gasteiger partial charge is 0.272 e. The van der Waals surface area contributed by atoms with Crippen LogP contribution in [0.3, 0.4) is 0 Å². The number of nitro groups is 1. The van der Waals surface area contributed by atoms with E-state index in [4.69, 9.17) is 23.2 Å². The van der Waals surface area contributed by atoms with Crippen molar-refractivity contribution in [2.75, 3.05) is 10.2 Å². The Labute approximate surface area is 274 Å². The number of anilines is 4. The number of nitro benzene ring substituents is 1. The lowest BCUT2D eigenvalue weighted by atomic mass is 10.1. The Morgan fingerprint density at radius 1 is 0.913 bits per heavy atom. The number of carbonyl (C=O) groups excluding carboxylic acids is 1. The van der Waals surface area contributed by atoms with Crippen LogP contribution in [-0.4, -0.2) is 20.6 Å². The number of carbonyl (C=O) groups is 1. The molecule has 13 heteroatoms. The minimum absolute atomic E-state index is 0.00329. The van der Waals surface area contributed by atoms with E-state index in [2.05, 4.69) is 31.6 Å². The molecular formula is C33H26Cl2N8O3. The standard InChI is InChI=1S/C33H26Cl2N8O3/c1-19-5-9-23(10-6-19)41(24-11-7-20(2)8-12-24)25-13-14-30(31(17-25)37-22(4)44)38-39-33-27(18-36)21(3)40-42(33)32-28(34)15-26(43(45)46)16-29(32)35/h5-17H,1-4H3,(H,37,44). The monoisotopic (exact) mass is 652 g/mol. The molecule has 0 atom stereocenters. The van der Waals surface area contributed by atoms with Crippen molar-refractivity contribution < 1.29 is 9.72 Å². The molecule has 46 heavy (non-hydrogen) atoms. The first-order valence-corrected chi connectivity index (χ1v) is 14.6. The van der Waals surface area contributed by atoms with Gasteiger partial charge in [-0.15, -0.1) is 10.2 Å². The predicted octanol–water partition coefficient (Wildman–Crippen LogP) is 9.73. The summed E-state index contributed by atoms with van der Waals surface area (Å²) in [5.41, 5.74) is 5.65. The first kappa shape index (κ1) is 31.8. The number of non-ortho nitro benzene ring substituents is 1. The third-order valence-corrected chi connectivity index (χ3v) is 7.53. The molecule has 0 saturated heterocycles. The van der Waals surface area contributed by atoms with Crippen molar-refractivity contribution >= 4 is 69.1 Å². The highest BCUT2D eigenvalue weighted by Crippen LogP contribution is 2.41. The lowest BCUT2D eigenvalue weighted by Crippen LogP contribution is -2.11. The Morgan fingerprint density at radius 3 is 1.96 bits per heavy atom. The van der Waals surface area contributed by atoms with Crippen LogP contribution < -0.4 is 10.2 Å². The van der Waals surface area contributed by atoms with Gasteiger partial charge in [-0.3, -0.25) is 14.9 Å². The fourth-order valence-corrected chi connectivity index (χ4v) is 5.37. The maximum atomic E-state index is 12.3. The van der Waals surface area contributed by atoms with Gasteiger partial charge in [0.25, 0.3) is 5.69 Å². The summed E-state index contributed by atoms with van der Waals surface area (Å²) in [6.45, 7) is 7.02. The molecule has 0 aliphatic carbocycles. The normalized spacial score (nSPS) is 11.0. The number of nitrogens with zero attached hydrogens (tertiary/aromatic N) is 7. The third kappa shape index (κ3) is 6.58. The summed E-state index contributed by atoms with van der Waals surface area (Å²) in [5, 5.41) is 37.0. The minimum Gasteiger partial charge on any atom is -0.324 e. The van der Waals surface area contributed by atoms with Gasteiger partial charge in [-0.2, -0.15) is 10.4 Å². The molecule has 1 N–H and O–H groups in total. The molecule has 0 radical (unpaired) electrons. The van der Waals surface area contributed by atoms with E-state index in [9.17, 15) is 20.2 Å². The summed E-state index contributed by atoms with van der Waals surface area (Å²) in [5.74, 6) is -0.328. The van der Waals surface area contributed by atoms with Crippen molar-refractivity contribution in [1.82, 2.24) is 9.78 Å². The highest BCUT2D eigenvalue weighted by Gasteiger charge is 2.23. The number of nitrogens with one attached hydrogen (secondary N) is 1. The number of azo groups is 1. The Bertz CT molecular complexity index is 1980. The largest absolute Gasteiger partial charge is 0.324 e. The second-order valence-corrected chi connectivity index (χ2v) is 11.2. The molecule has 5 aromatic rings. The van der Waals surface area contributed by atoms with Crippen molar-refractivity contribution in [3.8, 4) is 11.8 Å². The fourth-order valence-electron chi connectivity index (χ4n) is 4.73. The molecule has 0 saturated carbocycles. The van der Waals surface area contributed by atoms with Gasteiger partial charge in [-0.1, -0.05) is 58.6 Å². The van der Waals surface area contributed by atoms with Gasteiger partial charge < -0.3 is 10.2 Å². The van der Waals surface area contributed by atoms with Gasteiger partial charge in [0.2, 0.25) is 5.91 Å². The molecule has 0 fully saturated rings. The van der Waals surface area contributed by atoms with Gasteiger partial charge in [-0.05, 0) is 63.2 Å². The molecule has 0 unspecified atom stereocenters. The highest BCUT2D eigenvalue weighted by atomic mass is 35.5. The number of benzene rings is 4. The quantitative estimate of drug-likeness (QED) is 0.100. The number of halogens is 2. The fraction of sp³-hybridized carbons (Fsp3) is 0.121. The van der Waals surface area contributed by atoms with Crippen LogP contribution in [0.25, 0.3) is 5.69 Å². The van der Waals surface area contributed by atoms with E-state index in [1.165, 1.54) is 11.6 Å². The lowest BCUT2D eigenvalue weighted by molar-refractivity contribution is -0.384. The van der Waals surface area contributed by atoms with Crippen LogP contribution in [0, 0.1) is 42.2 Å². The molecule has 1 amide bonds. The molecule has 11 nitrogen and oxygen atoms in total. The summed E-state index contributed by atoms with van der Waals surface area (Å²) >= 11 is 12.8. The van der Waals surface area contributed by atoms with Crippen LogP contribution in [0.2, 0.25) is 10.0 Å². The molecular weight excluding hydrogens is 627 g/mol. The zero-order valence-electron chi connectivity index (χ0n) is 25.1. The van der Waals surface area contributed by atoms with Crippen LogP contribution >= 0.6 is 23.2 Å². The van der Waals surface area contributed by atoms with Crippen molar-refractivity contribution in [2.24, 2.45) is 10.2 Å². The Balaban J connectivity index is 1.63. The van der Waals surface area contributed by atoms with Gasteiger partial charge in [-0.25, -0.2) is 4.68 Å². The number of aryl methyl sites for hydroxylation is 3. The van der Waals surface area contributed by atoms with E-state index in [0.717, 1.165) is 40.3 Å². The minimum atomic E-state index is -0.622. The van der Waals surface area contributed by atoms with Gasteiger partial charge >= 0.3 is 0 Å². The SMILES string of the molecule is CC(=O)Nc1cc(N(c2ccc(C)cc2)c2ccc(C)cc2)ccc1N=Nc1c(C#N)c(C)nn1-c1c(Cl)cc([N+](=O)[O-])cc1Cl. The van der Waals surface area contributed by atoms with Crippen LogP contribution in [-0.2, 0) is 4.79 Å². The second kappa shape index (κ2) is 13.2. The number of amides is 1. The van der Waals surface area contributed by atoms with Gasteiger partial charge in [0.1, 0.15) is 23.0 Å². The van der Waals surface area contributed by atoms with Crippen molar-refractivity contribution in [1.29, 1.82) is 5.26 Å². The molecule has 5 rings (SSSR count). The maximum absolute atomic E-state index is 12.3. The van der Waals surface area contributed by atoms with Gasteiger partial charge in [0.15, 0.2) is 5.82 Å². The van der Waals surface area contributed by atoms with Gasteiger partial charge in [0.05, 0.1) is 26.3 Å². The number of hydrogen-bond acceptors (Lipinski definition) is 8. The van der Waals surface area contributed by atoms with E-state index < -0.39 is 4.92 Å². The molecule has 230 valence electrons. The van der Waals surface area contributed by atoms with Crippen molar-refractivity contribution in [2.45, 2.75) is 27.7 Å². The summed E-state index contributed by atoms with van der Waals surface area (Å²) < 4.78 is 1.22. The first-order chi connectivity index (χ1) is 22.0. The molecule has 4 aromatic carbocycles. The predicted molar refractivity (Wildman–Crippen MR) is 179 cm³/mol. The number of nitriles is 1. The third-order valence-electron chi connectivity index (χ3n) is 6.96. The average molecular weight is 654 g/mol. The first-order valence-electron chi connectivity index (χ1n) is 13.9. The van der Waals surface area contributed by atoms with Crippen LogP contribution in [0.5, 0.6) is 0 Å². The lowest BCUT2D eigenvalue weighted by Gasteiger charge is -2.26. The molecule has 0 spiro atoms. The molecule has 1 aromatic heterocycles. The number of aromatic nitrogens is 2. The van der Waals surface area contributed by atoms with Crippen LogP contribution in [0.1, 0.15) is 29.3 Å². The average Bonchev–Trinajstić information content (AvgIpc) is 3.32. The van der Waals surface area contributed by atoms with E-state index in [1.54, 1.807) is 19.1 Å². The van der Waals surface area contributed by atoms with Crippen molar-refractivity contribution in [3.05, 3.63) is 121 Å². The van der Waals surface area contributed by atoms with Crippen molar-refractivity contribution in [3.63, 3.8) is 0 Å². The molecule has 0 aliphatic heterocycles. The van der Waals surface area contributed by atoms with Gasteiger partial charge in [0, 0.05) is 36.1 Å². The van der Waals surface area contributed by atoms with E-state index in [-0.39, 0.29) is 38.7 Å². The zero-order valence-corrected chi connectivity index (χ0v) is 26.6. The summed E-state index contributed by atoms with van der Waals surface area (Å²) in [4.78, 5) is 25.0. The summed E-state index contributed by atoms with van der Waals surface area (Å²) in [7, 11) is 0. The number of hydrogen-bond donors (Lipinski definition) is 1. The van der Waals surface area contributed by atoms with E-state index in [0.29, 0.717) is 17.1 Å². The van der Waals surface area contributed by atoms with Crippen LogP contribution in [0.4, 0.5) is 39.9 Å². The summed E-state index contributed by atoms with van der Waals surface area (Å²) in [6, 6.07) is 25.8. The van der Waals surface area contributed by atoms with E-state index >= 15 is 0 Å². The Kier molecular flexibility index (Phi) is 9.13. The topological polar surface area (TPSA) is 142 Å². The molecule has 0 aliphatic rings. The van der Waals surface area contributed by atoms with Crippen LogP contribution in [0.15, 0.2) is 89.1 Å². The molecule has 1 heterocycles. The highest BCUT2D eigenvalue weighted by molar-refractivity contribution is 6.38. The van der Waals surface area contributed by atoms with E-state index in [1.807, 2.05) is 68.4 Å². The molecule has 0 bridgehead atoms. The maximum Gasteiger partial charge on any atom is 0.272 e.